The number of carbonyl (C=O) groups is 2. The van der Waals surface area contributed by atoms with Crippen molar-refractivity contribution in [1.82, 2.24) is 4.98 Å². The third-order valence-electron chi connectivity index (χ3n) is 14.9. The first-order valence-corrected chi connectivity index (χ1v) is 24.0. The summed E-state index contributed by atoms with van der Waals surface area (Å²) in [5, 5.41) is 82.8. The number of anilines is 1. The van der Waals surface area contributed by atoms with Gasteiger partial charge in [-0.3, -0.25) is 9.59 Å². The topological polar surface area (TPSA) is 219 Å². The standard InChI is InChI=1S/C47H54N2O11S2/c50-15-10-30-6-3-11-44(30)12-13-45(23-44)24-47(58)40(55)35(22-52)60-43(42(47)57)59-34-8-2-7-32-38(34)41(56)46(25-61-62-26-49-37-20-31(45)9-14-48-37)33(39(32)54)18-29(19-36(46)53)17-27-4-1-5-28(16-27)21-51/h1-2,4-5,7-9,14,16,18-20,30,33,35,40,42-43,50-53,55,57-58H,3,6,10-13,15,17,21-26H2,(H,48,49)/t30-,33-,35-,40-,42+,43-,44+,45-,46+,47+/m1/s1. The largest absolute Gasteiger partial charge is 0.511 e. The molecule has 3 fully saturated rings. The van der Waals surface area contributed by atoms with Crippen molar-refractivity contribution >= 4 is 39.0 Å². The molecule has 4 aliphatic carbocycles. The van der Waals surface area contributed by atoms with Crippen LogP contribution in [0.25, 0.3) is 0 Å². The van der Waals surface area contributed by atoms with Gasteiger partial charge in [0.15, 0.2) is 11.6 Å². The highest BCUT2D eigenvalue weighted by molar-refractivity contribution is 8.76. The number of ketones is 2. The Balaban J connectivity index is 1.13. The highest BCUT2D eigenvalue weighted by Gasteiger charge is 2.63. The highest BCUT2D eigenvalue weighted by Crippen LogP contribution is 2.64. The van der Waals surface area contributed by atoms with Gasteiger partial charge in [-0.05, 0) is 115 Å². The zero-order chi connectivity index (χ0) is 43.4. The first-order chi connectivity index (χ1) is 29.9. The molecule has 2 aromatic carbocycles. The number of ether oxygens (including phenoxy) is 2. The Kier molecular flexibility index (Phi) is 11.9. The number of carbonyl (C=O) groups excluding carboxylic acids is 2. The van der Waals surface area contributed by atoms with Gasteiger partial charge in [-0.15, -0.1) is 0 Å². The fraction of sp³-hybridized carbons (Fsp3) is 0.511. The number of hydrogen-bond acceptors (Lipinski definition) is 15. The van der Waals surface area contributed by atoms with Crippen molar-refractivity contribution in [3.8, 4) is 5.75 Å². The number of aromatic nitrogens is 1. The summed E-state index contributed by atoms with van der Waals surface area (Å²) < 4.78 is 12.4. The van der Waals surface area contributed by atoms with Gasteiger partial charge in [0.25, 0.3) is 0 Å². The van der Waals surface area contributed by atoms with Crippen LogP contribution in [0.2, 0.25) is 0 Å². The molecule has 3 heterocycles. The number of aliphatic hydroxyl groups excluding tert-OH is 6. The van der Waals surface area contributed by atoms with E-state index in [0.29, 0.717) is 43.0 Å². The molecule has 13 nitrogen and oxygen atoms in total. The van der Waals surface area contributed by atoms with Gasteiger partial charge in [0.05, 0.1) is 30.6 Å². The maximum Gasteiger partial charge on any atom is 0.229 e. The SMILES string of the molecule is O=C1c2cccc3c2C(=O)[C@]2(CSSCNc4cc(ccn4)[C@@]4(CC[C@@]5(CCC[C@@H]5CCO)C4)C[C@]4(O)[C@H](O)[C@@H](CO)O[C@@H](O3)[C@@H]4O)C(O)=CC(Cc3cccc(CO)c3)=C[C@H]12. The first-order valence-electron chi connectivity index (χ1n) is 21.5. The third-order valence-corrected chi connectivity index (χ3v) is 17.1. The molecule has 0 radical (unpaired) electrons. The monoisotopic (exact) mass is 886 g/mol. The van der Waals surface area contributed by atoms with Crippen LogP contribution in [0.5, 0.6) is 5.75 Å². The van der Waals surface area contributed by atoms with E-state index in [1.54, 1.807) is 24.4 Å². The van der Waals surface area contributed by atoms with Gasteiger partial charge in [-0.25, -0.2) is 4.98 Å². The van der Waals surface area contributed by atoms with Crippen molar-refractivity contribution in [2.24, 2.45) is 22.7 Å². The molecule has 6 aliphatic rings. The summed E-state index contributed by atoms with van der Waals surface area (Å²) in [6, 6.07) is 15.8. The summed E-state index contributed by atoms with van der Waals surface area (Å²) in [4.78, 5) is 34.6. The van der Waals surface area contributed by atoms with E-state index in [1.807, 2.05) is 30.3 Å². The Morgan fingerprint density at radius 1 is 0.935 bits per heavy atom. The lowest BCUT2D eigenvalue weighted by Crippen LogP contribution is -2.69. The Morgan fingerprint density at radius 3 is 2.56 bits per heavy atom. The van der Waals surface area contributed by atoms with E-state index in [9.17, 15) is 40.5 Å². The van der Waals surface area contributed by atoms with Crippen molar-refractivity contribution in [3.63, 3.8) is 0 Å². The minimum absolute atomic E-state index is 0.00320. The predicted octanol–water partition coefficient (Wildman–Crippen LogP) is 5.17. The van der Waals surface area contributed by atoms with E-state index in [-0.39, 0.29) is 59.4 Å². The van der Waals surface area contributed by atoms with Crippen molar-refractivity contribution < 1.29 is 54.8 Å². The molecule has 2 aliphatic heterocycles. The normalized spacial score (nSPS) is 35.6. The molecule has 2 saturated carbocycles. The summed E-state index contributed by atoms with van der Waals surface area (Å²) in [5.41, 5.74) is -1.93. The van der Waals surface area contributed by atoms with Crippen molar-refractivity contribution in [2.75, 3.05) is 30.2 Å². The van der Waals surface area contributed by atoms with E-state index >= 15 is 4.79 Å². The van der Waals surface area contributed by atoms with Crippen LogP contribution in [-0.4, -0.2) is 107 Å². The molecule has 8 N–H and O–H groups in total. The second kappa shape index (κ2) is 17.0. The molecule has 10 atom stereocenters. The molecular weight excluding hydrogens is 833 g/mol. The van der Waals surface area contributed by atoms with E-state index < -0.39 is 65.1 Å². The third kappa shape index (κ3) is 7.21. The van der Waals surface area contributed by atoms with Crippen molar-refractivity contribution in [3.05, 3.63) is 112 Å². The number of fused-ring (bicyclic) bond motifs is 5. The minimum atomic E-state index is -2.30. The van der Waals surface area contributed by atoms with E-state index in [0.717, 1.165) is 42.4 Å². The number of Topliss-reactive ketones (excluding diaryl/α,β-unsaturated/α-hetero) is 2. The van der Waals surface area contributed by atoms with Gasteiger partial charge < -0.3 is 50.5 Å². The summed E-state index contributed by atoms with van der Waals surface area (Å²) >= 11 is 0. The molecule has 3 aromatic rings. The number of pyridine rings is 1. The van der Waals surface area contributed by atoms with Crippen LogP contribution in [0.1, 0.15) is 88.8 Å². The van der Waals surface area contributed by atoms with Crippen LogP contribution in [0.3, 0.4) is 0 Å². The van der Waals surface area contributed by atoms with Gasteiger partial charge in [-0.2, -0.15) is 0 Å². The van der Waals surface area contributed by atoms with Gasteiger partial charge in [0, 0.05) is 24.1 Å². The van der Waals surface area contributed by atoms with Crippen LogP contribution in [0.15, 0.2) is 84.3 Å². The second-order valence-corrected chi connectivity index (χ2v) is 20.7. The quantitative estimate of drug-likeness (QED) is 0.150. The van der Waals surface area contributed by atoms with Crippen molar-refractivity contribution in [2.45, 2.75) is 100 Å². The fourth-order valence-electron chi connectivity index (χ4n) is 11.8. The molecule has 0 amide bonds. The van der Waals surface area contributed by atoms with Gasteiger partial charge in [0.1, 0.15) is 46.7 Å². The Labute approximate surface area is 368 Å². The number of aliphatic hydroxyl groups is 7. The smallest absolute Gasteiger partial charge is 0.229 e. The number of benzene rings is 2. The molecule has 1 aromatic heterocycles. The first kappa shape index (κ1) is 43.5. The van der Waals surface area contributed by atoms with Crippen LogP contribution < -0.4 is 10.1 Å². The molecule has 62 heavy (non-hydrogen) atoms. The lowest BCUT2D eigenvalue weighted by atomic mass is 9.60. The van der Waals surface area contributed by atoms with Crippen molar-refractivity contribution in [1.29, 1.82) is 0 Å². The summed E-state index contributed by atoms with van der Waals surface area (Å²) in [6.07, 6.45) is 4.11. The maximum absolute atomic E-state index is 15.2. The van der Waals surface area contributed by atoms with E-state index in [2.05, 4.69) is 10.3 Å². The molecule has 0 unspecified atom stereocenters. The van der Waals surface area contributed by atoms with Gasteiger partial charge in [0.2, 0.25) is 6.29 Å². The number of hydrogen-bond donors (Lipinski definition) is 8. The zero-order valence-electron chi connectivity index (χ0n) is 34.3. The summed E-state index contributed by atoms with van der Waals surface area (Å²) in [5.74, 6) is -1.30. The molecule has 6 bridgehead atoms. The lowest BCUT2D eigenvalue weighted by Gasteiger charge is -2.51. The van der Waals surface area contributed by atoms with Crippen LogP contribution in [0, 0.1) is 22.7 Å². The number of nitrogens with one attached hydrogen (secondary N) is 1. The lowest BCUT2D eigenvalue weighted by molar-refractivity contribution is -0.318. The van der Waals surface area contributed by atoms with Gasteiger partial charge >= 0.3 is 0 Å². The van der Waals surface area contributed by atoms with Crippen LogP contribution in [-0.2, 0) is 23.2 Å². The number of allylic oxidation sites excluding steroid dienone is 4. The van der Waals surface area contributed by atoms with Gasteiger partial charge in [-0.1, -0.05) is 70.5 Å². The molecule has 330 valence electrons. The average Bonchev–Trinajstić information content (AvgIpc) is 3.85. The minimum Gasteiger partial charge on any atom is -0.511 e. The second-order valence-electron chi connectivity index (χ2n) is 18.2. The van der Waals surface area contributed by atoms with Crippen LogP contribution >= 0.6 is 21.6 Å². The highest BCUT2D eigenvalue weighted by atomic mass is 33.1. The Hall–Kier alpha value is -3.77. The number of nitrogens with zero attached hydrogens (tertiary/aromatic N) is 1. The molecule has 1 saturated heterocycles. The Morgan fingerprint density at radius 2 is 1.76 bits per heavy atom. The average molecular weight is 887 g/mol. The summed E-state index contributed by atoms with van der Waals surface area (Å²) in [7, 11) is 2.74. The van der Waals surface area contributed by atoms with E-state index in [4.69, 9.17) is 9.47 Å². The number of rotatable bonds is 6. The predicted molar refractivity (Wildman–Crippen MR) is 234 cm³/mol. The van der Waals surface area contributed by atoms with Crippen LogP contribution in [0.4, 0.5) is 5.82 Å². The molecule has 9 rings (SSSR count). The molecule has 3 spiro atoms. The zero-order valence-corrected chi connectivity index (χ0v) is 36.0. The molecular formula is C47H54N2O11S2. The van der Waals surface area contributed by atoms with E-state index in [1.165, 1.54) is 39.8 Å². The Bertz CT molecular complexity index is 2290. The molecule has 15 heteroatoms. The fourth-order valence-corrected chi connectivity index (χ4v) is 14.1. The maximum atomic E-state index is 15.2. The summed E-state index contributed by atoms with van der Waals surface area (Å²) in [6.45, 7) is -0.797.